The average Bonchev–Trinajstić information content (AvgIpc) is 3.10. The van der Waals surface area contributed by atoms with Crippen molar-refractivity contribution >= 4 is 45.4 Å². The van der Waals surface area contributed by atoms with Crippen molar-refractivity contribution in [1.82, 2.24) is 4.31 Å². The highest BCUT2D eigenvalue weighted by atomic mass is 32.2. The number of nitrogens with zero attached hydrogens (tertiary/aromatic N) is 2. The fourth-order valence-electron chi connectivity index (χ4n) is 3.14. The molecular weight excluding hydrogens is 415 g/mol. The lowest BCUT2D eigenvalue weighted by molar-refractivity contribution is 0.401. The number of hydrogen-bond acceptors (Lipinski definition) is 5. The normalized spacial score (nSPS) is 11.5. The smallest absolute Gasteiger partial charge is 0.256 e. The summed E-state index contributed by atoms with van der Waals surface area (Å²) in [6.45, 7) is 4.31. The summed E-state index contributed by atoms with van der Waals surface area (Å²) in [6.07, 6.45) is 0. The first kappa shape index (κ1) is 22.3. The second-order valence-corrected chi connectivity index (χ2v) is 9.60. The number of ether oxygens (including phenoxy) is 1. The van der Waals surface area contributed by atoms with Crippen LogP contribution in [0.1, 0.15) is 25.0 Å². The van der Waals surface area contributed by atoms with Crippen LogP contribution in [0.15, 0.2) is 69.9 Å². The van der Waals surface area contributed by atoms with Crippen molar-refractivity contribution in [2.75, 3.05) is 20.2 Å². The largest absolute Gasteiger partial charge is 0.492 e. The van der Waals surface area contributed by atoms with Crippen LogP contribution in [0.4, 0.5) is 5.69 Å². The van der Waals surface area contributed by atoms with Gasteiger partial charge in [0.2, 0.25) is 0 Å². The molecule has 0 unspecified atom stereocenters. The maximum Gasteiger partial charge on any atom is 0.256 e. The summed E-state index contributed by atoms with van der Waals surface area (Å²) in [6, 6.07) is 19.4. The van der Waals surface area contributed by atoms with Crippen molar-refractivity contribution in [1.29, 1.82) is 0 Å². The molecule has 0 spiro atoms. The minimum absolute atomic E-state index is 0.0745. The number of aliphatic imine (C=N–C) groups is 1. The van der Waals surface area contributed by atoms with Gasteiger partial charge in [-0.1, -0.05) is 74.5 Å². The molecule has 2 aromatic carbocycles. The number of methoxy groups -OCH3 is 1. The maximum atomic E-state index is 13.1. The Morgan fingerprint density at radius 3 is 1.93 bits per heavy atom. The molecule has 3 aromatic rings. The Bertz CT molecular complexity index is 1080. The van der Waals surface area contributed by atoms with Gasteiger partial charge < -0.3 is 4.74 Å². The molecule has 2 radical (unpaired) electrons. The summed E-state index contributed by atoms with van der Waals surface area (Å²) < 4.78 is 33.5. The van der Waals surface area contributed by atoms with Gasteiger partial charge in [0.15, 0.2) is 9.96 Å². The van der Waals surface area contributed by atoms with Crippen LogP contribution in [0.25, 0.3) is 0 Å². The summed E-state index contributed by atoms with van der Waals surface area (Å²) in [5.74, 6) is 0.175. The van der Waals surface area contributed by atoms with E-state index in [-0.39, 0.29) is 9.96 Å². The average molecular weight is 438 g/mol. The standard InChI is InChI=1S/C22H23BN2O3S2/c1-4-25(5-2)30(26,27)22-20(28-3)19(21(23)29-22)24-18(16-12-8-6-9-13-16)17-14-10-7-11-15-17/h6-15H,4-5H2,1-3H3. The first-order chi connectivity index (χ1) is 14.4. The van der Waals surface area contributed by atoms with Gasteiger partial charge in [0.25, 0.3) is 10.0 Å². The maximum absolute atomic E-state index is 13.1. The molecular formula is C22H23BN2O3S2. The lowest BCUT2D eigenvalue weighted by Crippen LogP contribution is -2.30. The second-order valence-electron chi connectivity index (χ2n) is 6.42. The first-order valence-electron chi connectivity index (χ1n) is 9.59. The molecule has 0 aliphatic carbocycles. The monoisotopic (exact) mass is 438 g/mol. The lowest BCUT2D eigenvalue weighted by Gasteiger charge is -2.18. The predicted molar refractivity (Wildman–Crippen MR) is 125 cm³/mol. The Morgan fingerprint density at radius 2 is 1.50 bits per heavy atom. The molecule has 30 heavy (non-hydrogen) atoms. The van der Waals surface area contributed by atoms with Crippen LogP contribution in [0.2, 0.25) is 0 Å². The van der Waals surface area contributed by atoms with E-state index in [0.29, 0.717) is 29.3 Å². The Balaban J connectivity index is 2.23. The third kappa shape index (κ3) is 4.36. The van der Waals surface area contributed by atoms with E-state index in [1.165, 1.54) is 11.4 Å². The van der Waals surface area contributed by atoms with Crippen molar-refractivity contribution in [2.45, 2.75) is 18.1 Å². The van der Waals surface area contributed by atoms with Crippen LogP contribution >= 0.6 is 11.3 Å². The molecule has 0 fully saturated rings. The quantitative estimate of drug-likeness (QED) is 0.398. The van der Waals surface area contributed by atoms with E-state index in [1.807, 2.05) is 60.7 Å². The highest BCUT2D eigenvalue weighted by molar-refractivity contribution is 7.91. The molecule has 1 aromatic heterocycles. The molecule has 0 amide bonds. The Kier molecular flexibility index (Phi) is 7.12. The molecule has 1 heterocycles. The van der Waals surface area contributed by atoms with E-state index < -0.39 is 10.0 Å². The molecule has 0 aliphatic rings. The van der Waals surface area contributed by atoms with Gasteiger partial charge in [-0.05, 0) is 4.78 Å². The highest BCUT2D eigenvalue weighted by Crippen LogP contribution is 2.40. The zero-order chi connectivity index (χ0) is 21.7. The van der Waals surface area contributed by atoms with Crippen molar-refractivity contribution < 1.29 is 13.2 Å². The topological polar surface area (TPSA) is 59.0 Å². The molecule has 8 heteroatoms. The van der Waals surface area contributed by atoms with Crippen LogP contribution < -0.4 is 9.51 Å². The Hall–Kier alpha value is -2.42. The number of thiophene rings is 1. The van der Waals surface area contributed by atoms with Crippen molar-refractivity contribution in [3.63, 3.8) is 0 Å². The molecule has 0 bridgehead atoms. The van der Waals surface area contributed by atoms with Gasteiger partial charge in [0.05, 0.1) is 12.8 Å². The van der Waals surface area contributed by atoms with Crippen LogP contribution in [0.5, 0.6) is 5.75 Å². The molecule has 154 valence electrons. The van der Waals surface area contributed by atoms with Crippen LogP contribution in [-0.2, 0) is 10.0 Å². The zero-order valence-corrected chi connectivity index (χ0v) is 18.8. The van der Waals surface area contributed by atoms with Gasteiger partial charge >= 0.3 is 0 Å². The Labute approximate surface area is 183 Å². The van der Waals surface area contributed by atoms with Crippen LogP contribution in [0, 0.1) is 0 Å². The van der Waals surface area contributed by atoms with Gasteiger partial charge in [-0.25, -0.2) is 13.4 Å². The minimum atomic E-state index is -3.73. The summed E-state index contributed by atoms with van der Waals surface area (Å²) in [7, 11) is 3.95. The SMILES string of the molecule is [B]c1sc(S(=O)(=O)N(CC)CC)c(OC)c1N=C(c1ccccc1)c1ccccc1. The van der Waals surface area contributed by atoms with Crippen LogP contribution in [-0.4, -0.2) is 46.5 Å². The van der Waals surface area contributed by atoms with Gasteiger partial charge in [0.1, 0.15) is 13.5 Å². The van der Waals surface area contributed by atoms with E-state index >= 15 is 0 Å². The molecule has 0 N–H and O–H groups in total. The third-order valence-electron chi connectivity index (χ3n) is 4.64. The van der Waals surface area contributed by atoms with E-state index in [1.54, 1.807) is 13.8 Å². The number of rotatable bonds is 8. The summed E-state index contributed by atoms with van der Waals surface area (Å²) in [5, 5.41) is 0. The second kappa shape index (κ2) is 9.60. The van der Waals surface area contributed by atoms with Gasteiger partial charge in [-0.2, -0.15) is 4.31 Å². The van der Waals surface area contributed by atoms with Gasteiger partial charge in [-0.15, -0.1) is 11.3 Å². The third-order valence-corrected chi connectivity index (χ3v) is 8.15. The molecule has 0 atom stereocenters. The minimum Gasteiger partial charge on any atom is -0.492 e. The van der Waals surface area contributed by atoms with Crippen molar-refractivity contribution in [3.05, 3.63) is 71.8 Å². The highest BCUT2D eigenvalue weighted by Gasteiger charge is 2.31. The Morgan fingerprint density at radius 1 is 1.00 bits per heavy atom. The number of sulfonamides is 1. The number of hydrogen-bond donors (Lipinski definition) is 0. The van der Waals surface area contributed by atoms with Gasteiger partial charge in [0, 0.05) is 24.2 Å². The van der Waals surface area contributed by atoms with Crippen molar-refractivity contribution in [3.8, 4) is 5.75 Å². The van der Waals surface area contributed by atoms with E-state index in [0.717, 1.165) is 22.5 Å². The zero-order valence-electron chi connectivity index (χ0n) is 17.2. The fourth-order valence-corrected chi connectivity index (χ4v) is 6.18. The number of benzene rings is 2. The summed E-state index contributed by atoms with van der Waals surface area (Å²) >= 11 is 0.980. The fraction of sp³-hybridized carbons (Fsp3) is 0.227. The molecule has 0 aliphatic heterocycles. The molecule has 5 nitrogen and oxygen atoms in total. The summed E-state index contributed by atoms with van der Waals surface area (Å²) in [5.41, 5.74) is 2.80. The molecule has 0 saturated heterocycles. The van der Waals surface area contributed by atoms with Crippen molar-refractivity contribution in [2.24, 2.45) is 4.99 Å². The lowest BCUT2D eigenvalue weighted by atomic mass is 10.0. The summed E-state index contributed by atoms with van der Waals surface area (Å²) in [4.78, 5) is 4.81. The van der Waals surface area contributed by atoms with E-state index in [2.05, 4.69) is 0 Å². The first-order valence-corrected chi connectivity index (χ1v) is 11.9. The predicted octanol–water partition coefficient (Wildman–Crippen LogP) is 3.75. The molecule has 3 rings (SSSR count). The van der Waals surface area contributed by atoms with E-state index in [9.17, 15) is 8.42 Å². The van der Waals surface area contributed by atoms with Crippen LogP contribution in [0.3, 0.4) is 0 Å². The van der Waals surface area contributed by atoms with Gasteiger partial charge in [-0.3, -0.25) is 0 Å². The molecule has 0 saturated carbocycles. The van der Waals surface area contributed by atoms with E-state index in [4.69, 9.17) is 17.6 Å².